The zero-order valence-electron chi connectivity index (χ0n) is 16.4. The molecule has 150 valence electrons. The molecule has 2 aromatic carbocycles. The minimum Gasteiger partial charge on any atom is -0.357 e. The largest absolute Gasteiger partial charge is 0.357 e. The highest BCUT2D eigenvalue weighted by Gasteiger charge is 2.16. The van der Waals surface area contributed by atoms with Crippen LogP contribution in [0.1, 0.15) is 29.0 Å². The summed E-state index contributed by atoms with van der Waals surface area (Å²) >= 11 is 0. The first-order valence-electron chi connectivity index (χ1n) is 10.1. The molecule has 1 aliphatic rings. The summed E-state index contributed by atoms with van der Waals surface area (Å²) in [6.07, 6.45) is 4.12. The predicted octanol–water partition coefficient (Wildman–Crippen LogP) is 3.82. The molecule has 0 radical (unpaired) electrons. The number of nitrogens with one attached hydrogen (secondary N) is 1. The molecule has 0 aliphatic carbocycles. The fraction of sp³-hybridized carbons (Fsp3) is 0.217. The third-order valence-electron chi connectivity index (χ3n) is 5.30. The fourth-order valence-electron chi connectivity index (χ4n) is 3.74. The van der Waals surface area contributed by atoms with Crippen LogP contribution >= 0.6 is 0 Å². The summed E-state index contributed by atoms with van der Waals surface area (Å²) in [6, 6.07) is 17.0. The molecule has 0 atom stereocenters. The van der Waals surface area contributed by atoms with Crippen molar-refractivity contribution < 1.29 is 9.32 Å². The van der Waals surface area contributed by atoms with E-state index in [0.29, 0.717) is 22.7 Å². The molecule has 3 heterocycles. The highest BCUT2D eigenvalue weighted by molar-refractivity contribution is 6.00. The van der Waals surface area contributed by atoms with E-state index >= 15 is 0 Å². The molecule has 0 saturated carbocycles. The van der Waals surface area contributed by atoms with Gasteiger partial charge in [0, 0.05) is 30.4 Å². The van der Waals surface area contributed by atoms with Gasteiger partial charge in [0.05, 0.1) is 11.9 Å². The smallest absolute Gasteiger partial charge is 0.251 e. The quantitative estimate of drug-likeness (QED) is 0.549. The first-order valence-corrected chi connectivity index (χ1v) is 10.1. The van der Waals surface area contributed by atoms with E-state index in [9.17, 15) is 4.79 Å². The second-order valence-corrected chi connectivity index (χ2v) is 7.32. The van der Waals surface area contributed by atoms with E-state index in [1.54, 1.807) is 18.3 Å². The van der Waals surface area contributed by atoms with E-state index in [1.807, 2.05) is 42.5 Å². The lowest BCUT2D eigenvalue weighted by Crippen LogP contribution is -2.25. The van der Waals surface area contributed by atoms with Gasteiger partial charge in [0.1, 0.15) is 17.2 Å². The van der Waals surface area contributed by atoms with Crippen molar-refractivity contribution in [1.29, 1.82) is 0 Å². The first kappa shape index (κ1) is 18.3. The second-order valence-electron chi connectivity index (χ2n) is 7.32. The van der Waals surface area contributed by atoms with Crippen molar-refractivity contribution in [2.75, 3.05) is 18.0 Å². The van der Waals surface area contributed by atoms with Crippen LogP contribution in [0.3, 0.4) is 0 Å². The molecule has 0 bridgehead atoms. The normalized spacial score (nSPS) is 13.7. The van der Waals surface area contributed by atoms with Crippen LogP contribution in [0.2, 0.25) is 0 Å². The third-order valence-corrected chi connectivity index (χ3v) is 5.30. The standard InChI is InChI=1S/C23H21N5O2/c29-23(25-15-20-24-11-10-21(26-20)28-12-4-5-13-28)17-8-9-19-18(14-17)22(30-27-19)16-6-2-1-3-7-16/h1-3,6-11,14H,4-5,12-13,15H2,(H,25,29). The van der Waals surface area contributed by atoms with Gasteiger partial charge in [-0.1, -0.05) is 35.5 Å². The Labute approximate surface area is 173 Å². The molecule has 1 N–H and O–H groups in total. The van der Waals surface area contributed by atoms with Crippen LogP contribution in [0, 0.1) is 0 Å². The van der Waals surface area contributed by atoms with Crippen molar-refractivity contribution in [3.63, 3.8) is 0 Å². The van der Waals surface area contributed by atoms with Crippen LogP contribution in [0.15, 0.2) is 65.3 Å². The topological polar surface area (TPSA) is 84.2 Å². The van der Waals surface area contributed by atoms with Crippen molar-refractivity contribution in [3.8, 4) is 11.3 Å². The minimum absolute atomic E-state index is 0.188. The van der Waals surface area contributed by atoms with Gasteiger partial charge in [-0.25, -0.2) is 9.97 Å². The van der Waals surface area contributed by atoms with E-state index in [2.05, 4.69) is 25.3 Å². The Bertz CT molecular complexity index is 1180. The maximum atomic E-state index is 12.7. The van der Waals surface area contributed by atoms with Crippen LogP contribution in [0.25, 0.3) is 22.2 Å². The molecule has 2 aromatic heterocycles. The Hall–Kier alpha value is -3.74. The molecule has 1 fully saturated rings. The van der Waals surface area contributed by atoms with Crippen molar-refractivity contribution in [2.45, 2.75) is 19.4 Å². The number of carbonyl (C=O) groups excluding carboxylic acids is 1. The third kappa shape index (κ3) is 3.61. The monoisotopic (exact) mass is 399 g/mol. The number of amides is 1. The van der Waals surface area contributed by atoms with Crippen molar-refractivity contribution in [2.24, 2.45) is 0 Å². The average molecular weight is 399 g/mol. The van der Waals surface area contributed by atoms with Gasteiger partial charge in [-0.05, 0) is 37.1 Å². The van der Waals surface area contributed by atoms with Crippen LogP contribution in [0.5, 0.6) is 0 Å². The number of fused-ring (bicyclic) bond motifs is 1. The molecule has 7 nitrogen and oxygen atoms in total. The molecule has 1 saturated heterocycles. The lowest BCUT2D eigenvalue weighted by Gasteiger charge is -2.16. The van der Waals surface area contributed by atoms with Gasteiger partial charge in [-0.15, -0.1) is 0 Å². The van der Waals surface area contributed by atoms with Crippen LogP contribution in [0.4, 0.5) is 5.82 Å². The SMILES string of the molecule is O=C(NCc1nccc(N2CCCC2)n1)c1ccc2noc(-c3ccccc3)c2c1. The number of nitrogens with zero attached hydrogens (tertiary/aromatic N) is 4. The Kier molecular flexibility index (Phi) is 4.85. The zero-order valence-corrected chi connectivity index (χ0v) is 16.4. The van der Waals surface area contributed by atoms with Gasteiger partial charge >= 0.3 is 0 Å². The molecule has 1 amide bonds. The Morgan fingerprint density at radius 3 is 2.73 bits per heavy atom. The summed E-state index contributed by atoms with van der Waals surface area (Å²) in [5.41, 5.74) is 2.18. The number of rotatable bonds is 5. The van der Waals surface area contributed by atoms with Gasteiger partial charge in [0.25, 0.3) is 5.91 Å². The Morgan fingerprint density at radius 2 is 1.90 bits per heavy atom. The van der Waals surface area contributed by atoms with E-state index < -0.39 is 0 Å². The molecule has 1 aliphatic heterocycles. The summed E-state index contributed by atoms with van der Waals surface area (Å²) in [4.78, 5) is 23.9. The predicted molar refractivity (Wildman–Crippen MR) is 114 cm³/mol. The molecule has 7 heteroatoms. The maximum Gasteiger partial charge on any atom is 0.251 e. The minimum atomic E-state index is -0.188. The molecule has 30 heavy (non-hydrogen) atoms. The lowest BCUT2D eigenvalue weighted by molar-refractivity contribution is 0.0950. The highest BCUT2D eigenvalue weighted by Crippen LogP contribution is 2.29. The average Bonchev–Trinajstić information content (AvgIpc) is 3.48. The summed E-state index contributed by atoms with van der Waals surface area (Å²) in [6.45, 7) is 2.31. The summed E-state index contributed by atoms with van der Waals surface area (Å²) < 4.78 is 5.52. The molecular weight excluding hydrogens is 378 g/mol. The second kappa shape index (κ2) is 7.94. The van der Waals surface area contributed by atoms with E-state index in [-0.39, 0.29) is 12.5 Å². The Balaban J connectivity index is 1.33. The fourth-order valence-corrected chi connectivity index (χ4v) is 3.74. The summed E-state index contributed by atoms with van der Waals surface area (Å²) in [7, 11) is 0. The highest BCUT2D eigenvalue weighted by atomic mass is 16.5. The molecule has 5 rings (SSSR count). The van der Waals surface area contributed by atoms with Gasteiger partial charge < -0.3 is 14.7 Å². The van der Waals surface area contributed by atoms with Crippen molar-refractivity contribution in [1.82, 2.24) is 20.4 Å². The number of benzene rings is 2. The maximum absolute atomic E-state index is 12.7. The number of hydrogen-bond acceptors (Lipinski definition) is 6. The number of anilines is 1. The van der Waals surface area contributed by atoms with E-state index in [0.717, 1.165) is 29.9 Å². The molecule has 4 aromatic rings. The summed E-state index contributed by atoms with van der Waals surface area (Å²) in [5, 5.41) is 7.83. The number of carbonyl (C=O) groups is 1. The lowest BCUT2D eigenvalue weighted by atomic mass is 10.1. The van der Waals surface area contributed by atoms with Crippen molar-refractivity contribution in [3.05, 3.63) is 72.2 Å². The van der Waals surface area contributed by atoms with Crippen LogP contribution in [-0.2, 0) is 6.54 Å². The number of hydrogen-bond donors (Lipinski definition) is 1. The van der Waals surface area contributed by atoms with Crippen LogP contribution < -0.4 is 10.2 Å². The van der Waals surface area contributed by atoms with Gasteiger partial charge in [-0.2, -0.15) is 0 Å². The van der Waals surface area contributed by atoms with Gasteiger partial charge in [0.2, 0.25) is 0 Å². The molecule has 0 unspecified atom stereocenters. The first-order chi connectivity index (χ1) is 14.8. The van der Waals surface area contributed by atoms with Gasteiger partial charge in [-0.3, -0.25) is 4.79 Å². The van der Waals surface area contributed by atoms with Crippen LogP contribution in [-0.4, -0.2) is 34.1 Å². The number of aromatic nitrogens is 3. The molecule has 0 spiro atoms. The van der Waals surface area contributed by atoms with Gasteiger partial charge in [0.15, 0.2) is 5.76 Å². The van der Waals surface area contributed by atoms with E-state index in [4.69, 9.17) is 4.52 Å². The zero-order chi connectivity index (χ0) is 20.3. The summed E-state index contributed by atoms with van der Waals surface area (Å²) in [5.74, 6) is 1.99. The van der Waals surface area contributed by atoms with Crippen molar-refractivity contribution >= 4 is 22.6 Å². The van der Waals surface area contributed by atoms with E-state index in [1.165, 1.54) is 12.8 Å². The Morgan fingerprint density at radius 1 is 1.07 bits per heavy atom. The molecular formula is C23H21N5O2.